The third kappa shape index (κ3) is 5.05. The van der Waals surface area contributed by atoms with Crippen molar-refractivity contribution in [1.82, 2.24) is 20.4 Å². The summed E-state index contributed by atoms with van der Waals surface area (Å²) in [7, 11) is 0. The quantitative estimate of drug-likeness (QED) is 0.718. The Hall–Kier alpha value is -1.92. The number of nitrogens with one attached hydrogen (secondary N) is 2. The van der Waals surface area contributed by atoms with E-state index in [1.165, 1.54) is 0 Å². The molecule has 1 aromatic carbocycles. The number of amides is 2. The highest BCUT2D eigenvalue weighted by Crippen LogP contribution is 2.25. The zero-order valence-electron chi connectivity index (χ0n) is 15.5. The molecule has 3 rings (SSSR count). The number of piperazine rings is 1. The lowest BCUT2D eigenvalue weighted by Gasteiger charge is -2.34. The van der Waals surface area contributed by atoms with E-state index in [1.807, 2.05) is 30.3 Å². The molecular formula is C20H30N4O2. The topological polar surface area (TPSA) is 64.7 Å². The first-order chi connectivity index (χ1) is 12.8. The van der Waals surface area contributed by atoms with Crippen LogP contribution in [0.1, 0.15) is 37.3 Å². The second-order valence-corrected chi connectivity index (χ2v) is 7.09. The van der Waals surface area contributed by atoms with E-state index in [2.05, 4.69) is 15.5 Å². The number of carbonyl (C=O) groups is 2. The van der Waals surface area contributed by atoms with Crippen molar-refractivity contribution in [2.75, 3.05) is 45.8 Å². The molecule has 0 aliphatic carbocycles. The second-order valence-electron chi connectivity index (χ2n) is 7.09. The first-order valence-electron chi connectivity index (χ1n) is 9.81. The lowest BCUT2D eigenvalue weighted by atomic mass is 10.0. The lowest BCUT2D eigenvalue weighted by Crippen LogP contribution is -2.46. The third-order valence-electron chi connectivity index (χ3n) is 5.20. The van der Waals surface area contributed by atoms with Crippen LogP contribution < -0.4 is 10.6 Å². The molecule has 2 amide bonds. The highest BCUT2D eigenvalue weighted by molar-refractivity contribution is 5.89. The molecule has 0 saturated carbocycles. The summed E-state index contributed by atoms with van der Waals surface area (Å²) in [5.74, 6) is 0.0211. The van der Waals surface area contributed by atoms with Crippen molar-refractivity contribution in [3.63, 3.8) is 0 Å². The molecule has 2 heterocycles. The SMILES string of the molecule is O=C(NCCCN1CCNCC1)C(c1ccccc1)N1CCCCC1=O. The monoisotopic (exact) mass is 358 g/mol. The highest BCUT2D eigenvalue weighted by atomic mass is 16.2. The lowest BCUT2D eigenvalue weighted by molar-refractivity contribution is -0.142. The second kappa shape index (κ2) is 9.69. The van der Waals surface area contributed by atoms with Gasteiger partial charge in [-0.2, -0.15) is 0 Å². The summed E-state index contributed by atoms with van der Waals surface area (Å²) >= 11 is 0. The van der Waals surface area contributed by atoms with Crippen LogP contribution in [0.15, 0.2) is 30.3 Å². The van der Waals surface area contributed by atoms with Crippen molar-refractivity contribution >= 4 is 11.8 Å². The van der Waals surface area contributed by atoms with Crippen LogP contribution in [0.25, 0.3) is 0 Å². The summed E-state index contributed by atoms with van der Waals surface area (Å²) < 4.78 is 0. The maximum Gasteiger partial charge on any atom is 0.247 e. The normalized spacial score (nSPS) is 20.0. The van der Waals surface area contributed by atoms with Crippen molar-refractivity contribution in [3.8, 4) is 0 Å². The van der Waals surface area contributed by atoms with Crippen molar-refractivity contribution in [3.05, 3.63) is 35.9 Å². The fourth-order valence-corrected chi connectivity index (χ4v) is 3.75. The average molecular weight is 358 g/mol. The van der Waals surface area contributed by atoms with Crippen LogP contribution in [-0.2, 0) is 9.59 Å². The van der Waals surface area contributed by atoms with Gasteiger partial charge in [-0.3, -0.25) is 9.59 Å². The van der Waals surface area contributed by atoms with Crippen molar-refractivity contribution in [2.45, 2.75) is 31.7 Å². The number of piperidine rings is 1. The van der Waals surface area contributed by atoms with E-state index in [4.69, 9.17) is 0 Å². The van der Waals surface area contributed by atoms with Gasteiger partial charge < -0.3 is 20.4 Å². The Morgan fingerprint density at radius 2 is 1.88 bits per heavy atom. The Bertz CT molecular complexity index is 587. The molecule has 2 N–H and O–H groups in total. The van der Waals surface area contributed by atoms with E-state index >= 15 is 0 Å². The van der Waals surface area contributed by atoms with Gasteiger partial charge in [-0.1, -0.05) is 30.3 Å². The number of nitrogens with zero attached hydrogens (tertiary/aromatic N) is 2. The summed E-state index contributed by atoms with van der Waals surface area (Å²) in [6, 6.07) is 9.15. The first kappa shape index (κ1) is 18.9. The van der Waals surface area contributed by atoms with Gasteiger partial charge in [0.2, 0.25) is 11.8 Å². The van der Waals surface area contributed by atoms with Crippen LogP contribution >= 0.6 is 0 Å². The van der Waals surface area contributed by atoms with Crippen LogP contribution in [0.4, 0.5) is 0 Å². The molecule has 2 fully saturated rings. The Morgan fingerprint density at radius 3 is 2.62 bits per heavy atom. The predicted molar refractivity (Wildman–Crippen MR) is 102 cm³/mol. The largest absolute Gasteiger partial charge is 0.354 e. The molecule has 1 unspecified atom stereocenters. The van der Waals surface area contributed by atoms with Gasteiger partial charge in [0.25, 0.3) is 0 Å². The van der Waals surface area contributed by atoms with Crippen LogP contribution in [0.5, 0.6) is 0 Å². The predicted octanol–water partition coefficient (Wildman–Crippen LogP) is 1.15. The van der Waals surface area contributed by atoms with Gasteiger partial charge in [0.15, 0.2) is 0 Å². The molecule has 1 aromatic rings. The highest BCUT2D eigenvalue weighted by Gasteiger charge is 2.32. The van der Waals surface area contributed by atoms with Crippen molar-refractivity contribution < 1.29 is 9.59 Å². The van der Waals surface area contributed by atoms with E-state index in [1.54, 1.807) is 4.90 Å². The molecule has 26 heavy (non-hydrogen) atoms. The first-order valence-corrected chi connectivity index (χ1v) is 9.81. The number of carbonyl (C=O) groups excluding carboxylic acids is 2. The molecule has 6 heteroatoms. The van der Waals surface area contributed by atoms with Gasteiger partial charge in [0.1, 0.15) is 6.04 Å². The molecule has 0 aromatic heterocycles. The van der Waals surface area contributed by atoms with Gasteiger partial charge in [-0.05, 0) is 31.4 Å². The molecule has 0 spiro atoms. The minimum Gasteiger partial charge on any atom is -0.354 e. The Balaban J connectivity index is 1.57. The summed E-state index contributed by atoms with van der Waals surface area (Å²) in [6.07, 6.45) is 3.36. The van der Waals surface area contributed by atoms with E-state index in [-0.39, 0.29) is 11.8 Å². The van der Waals surface area contributed by atoms with Gasteiger partial charge in [0, 0.05) is 45.7 Å². The summed E-state index contributed by atoms with van der Waals surface area (Å²) in [5.41, 5.74) is 0.891. The van der Waals surface area contributed by atoms with Gasteiger partial charge in [-0.15, -0.1) is 0 Å². The Labute approximate surface area is 155 Å². The Morgan fingerprint density at radius 1 is 1.12 bits per heavy atom. The molecule has 1 atom stereocenters. The zero-order chi connectivity index (χ0) is 18.2. The number of hydrogen-bond donors (Lipinski definition) is 2. The van der Waals surface area contributed by atoms with E-state index < -0.39 is 6.04 Å². The van der Waals surface area contributed by atoms with E-state index in [0.717, 1.165) is 57.5 Å². The maximum absolute atomic E-state index is 12.9. The van der Waals surface area contributed by atoms with Gasteiger partial charge >= 0.3 is 0 Å². The van der Waals surface area contributed by atoms with Crippen LogP contribution in [0.2, 0.25) is 0 Å². The molecule has 2 aliphatic heterocycles. The number of likely N-dealkylation sites (tertiary alicyclic amines) is 1. The summed E-state index contributed by atoms with van der Waals surface area (Å²) in [4.78, 5) is 29.5. The number of benzene rings is 1. The van der Waals surface area contributed by atoms with E-state index in [0.29, 0.717) is 19.5 Å². The molecular weight excluding hydrogens is 328 g/mol. The van der Waals surface area contributed by atoms with Crippen LogP contribution in [0.3, 0.4) is 0 Å². The Kier molecular flexibility index (Phi) is 7.03. The van der Waals surface area contributed by atoms with Crippen molar-refractivity contribution in [2.24, 2.45) is 0 Å². The van der Waals surface area contributed by atoms with E-state index in [9.17, 15) is 9.59 Å². The third-order valence-corrected chi connectivity index (χ3v) is 5.20. The zero-order valence-corrected chi connectivity index (χ0v) is 15.5. The van der Waals surface area contributed by atoms with Gasteiger partial charge in [0.05, 0.1) is 0 Å². The fourth-order valence-electron chi connectivity index (χ4n) is 3.75. The fraction of sp³-hybridized carbons (Fsp3) is 0.600. The summed E-state index contributed by atoms with van der Waals surface area (Å²) in [6.45, 7) is 6.53. The maximum atomic E-state index is 12.9. The molecule has 2 aliphatic rings. The molecule has 142 valence electrons. The standard InChI is InChI=1S/C20H30N4O2/c25-18-9-4-5-14-24(18)19(17-7-2-1-3-8-17)20(26)22-10-6-13-23-15-11-21-12-16-23/h1-3,7-8,19,21H,4-6,9-16H2,(H,22,26). The van der Waals surface area contributed by atoms with Gasteiger partial charge in [-0.25, -0.2) is 0 Å². The minimum absolute atomic E-state index is 0.0632. The van der Waals surface area contributed by atoms with Crippen molar-refractivity contribution in [1.29, 1.82) is 0 Å². The van der Waals surface area contributed by atoms with Crippen LogP contribution in [-0.4, -0.2) is 67.4 Å². The number of hydrogen-bond acceptors (Lipinski definition) is 4. The minimum atomic E-state index is -0.511. The smallest absolute Gasteiger partial charge is 0.247 e. The average Bonchev–Trinajstić information content (AvgIpc) is 2.69. The molecule has 0 bridgehead atoms. The summed E-state index contributed by atoms with van der Waals surface area (Å²) in [5, 5.41) is 6.41. The molecule has 0 radical (unpaired) electrons. The molecule has 6 nitrogen and oxygen atoms in total. The molecule has 2 saturated heterocycles. The van der Waals surface area contributed by atoms with Crippen LogP contribution in [0, 0.1) is 0 Å². The number of rotatable bonds is 7.